The summed E-state index contributed by atoms with van der Waals surface area (Å²) in [6.07, 6.45) is 1.49. The van der Waals surface area contributed by atoms with Crippen molar-refractivity contribution in [3.8, 4) is 11.6 Å². The highest BCUT2D eigenvalue weighted by molar-refractivity contribution is 7.80. The van der Waals surface area contributed by atoms with Gasteiger partial charge in [0.25, 0.3) is 11.3 Å². The molecule has 1 aromatic heterocycles. The summed E-state index contributed by atoms with van der Waals surface area (Å²) < 4.78 is 27.1. The SMILES string of the molecule is O=S(O)Nc1ccnc(Oc2ccccc2)c1. The van der Waals surface area contributed by atoms with E-state index in [4.69, 9.17) is 9.29 Å². The zero-order valence-electron chi connectivity index (χ0n) is 8.74. The van der Waals surface area contributed by atoms with Crippen LogP contribution in [-0.2, 0) is 11.3 Å². The highest BCUT2D eigenvalue weighted by atomic mass is 32.2. The number of ether oxygens (including phenoxy) is 1. The zero-order chi connectivity index (χ0) is 12.1. The summed E-state index contributed by atoms with van der Waals surface area (Å²) >= 11 is -2.10. The third-order valence-corrected chi connectivity index (χ3v) is 2.32. The normalized spacial score (nSPS) is 11.8. The third kappa shape index (κ3) is 3.54. The van der Waals surface area contributed by atoms with E-state index in [2.05, 4.69) is 9.71 Å². The summed E-state index contributed by atoms with van der Waals surface area (Å²) in [4.78, 5) is 4.00. The molecule has 0 aliphatic carbocycles. The monoisotopic (exact) mass is 250 g/mol. The molecular weight excluding hydrogens is 240 g/mol. The van der Waals surface area contributed by atoms with Crippen molar-refractivity contribution < 1.29 is 13.5 Å². The van der Waals surface area contributed by atoms with E-state index in [0.29, 0.717) is 17.3 Å². The lowest BCUT2D eigenvalue weighted by Gasteiger charge is -2.06. The lowest BCUT2D eigenvalue weighted by Crippen LogP contribution is -2.02. The number of para-hydroxylation sites is 1. The maximum Gasteiger partial charge on any atom is 0.259 e. The standard InChI is InChI=1S/C11H10N2O3S/c14-17(15)13-9-6-7-12-11(8-9)16-10-4-2-1-3-5-10/h1-8H,(H,12,13)(H,14,15). The molecule has 88 valence electrons. The maximum absolute atomic E-state index is 10.6. The van der Waals surface area contributed by atoms with Crippen molar-refractivity contribution in [1.29, 1.82) is 0 Å². The Balaban J connectivity index is 2.14. The molecule has 0 spiro atoms. The van der Waals surface area contributed by atoms with Crippen molar-refractivity contribution in [3.63, 3.8) is 0 Å². The average molecular weight is 250 g/mol. The Morgan fingerprint density at radius 1 is 1.24 bits per heavy atom. The first-order chi connectivity index (χ1) is 8.24. The van der Waals surface area contributed by atoms with Crippen LogP contribution in [0.3, 0.4) is 0 Å². The number of anilines is 1. The van der Waals surface area contributed by atoms with Gasteiger partial charge in [0.05, 0.1) is 5.69 Å². The Morgan fingerprint density at radius 2 is 2.00 bits per heavy atom. The van der Waals surface area contributed by atoms with E-state index >= 15 is 0 Å². The van der Waals surface area contributed by atoms with Gasteiger partial charge in [-0.25, -0.2) is 9.19 Å². The number of hydrogen-bond donors (Lipinski definition) is 2. The molecule has 0 bridgehead atoms. The van der Waals surface area contributed by atoms with Gasteiger partial charge in [-0.05, 0) is 18.2 Å². The average Bonchev–Trinajstić information content (AvgIpc) is 2.30. The van der Waals surface area contributed by atoms with Crippen LogP contribution in [0.2, 0.25) is 0 Å². The van der Waals surface area contributed by atoms with Crippen molar-refractivity contribution in [2.24, 2.45) is 0 Å². The van der Waals surface area contributed by atoms with Crippen LogP contribution in [0.5, 0.6) is 11.6 Å². The quantitative estimate of drug-likeness (QED) is 0.817. The van der Waals surface area contributed by atoms with E-state index in [0.717, 1.165) is 0 Å². The molecule has 6 heteroatoms. The van der Waals surface area contributed by atoms with Gasteiger partial charge in [0.2, 0.25) is 5.88 Å². The van der Waals surface area contributed by atoms with Crippen molar-refractivity contribution in [1.82, 2.24) is 4.98 Å². The minimum atomic E-state index is -2.10. The highest BCUT2D eigenvalue weighted by Crippen LogP contribution is 2.21. The second-order valence-electron chi connectivity index (χ2n) is 3.15. The Morgan fingerprint density at radius 3 is 2.71 bits per heavy atom. The van der Waals surface area contributed by atoms with Crippen LogP contribution in [0.15, 0.2) is 48.7 Å². The summed E-state index contributed by atoms with van der Waals surface area (Å²) in [7, 11) is 0. The molecule has 0 saturated carbocycles. The number of benzene rings is 1. The lowest BCUT2D eigenvalue weighted by molar-refractivity contribution is 0.463. The van der Waals surface area contributed by atoms with E-state index in [1.165, 1.54) is 6.20 Å². The van der Waals surface area contributed by atoms with Gasteiger partial charge in [0.1, 0.15) is 5.75 Å². The summed E-state index contributed by atoms with van der Waals surface area (Å²) in [5.74, 6) is 1.01. The fraction of sp³-hybridized carbons (Fsp3) is 0. The summed E-state index contributed by atoms with van der Waals surface area (Å²) in [6, 6.07) is 12.3. The second-order valence-corrected chi connectivity index (χ2v) is 3.85. The largest absolute Gasteiger partial charge is 0.439 e. The maximum atomic E-state index is 10.6. The molecule has 0 fully saturated rings. The smallest absolute Gasteiger partial charge is 0.259 e. The van der Waals surface area contributed by atoms with Crippen molar-refractivity contribution in [3.05, 3.63) is 48.7 Å². The highest BCUT2D eigenvalue weighted by Gasteiger charge is 2.01. The van der Waals surface area contributed by atoms with Crippen LogP contribution in [0, 0.1) is 0 Å². The Bertz CT molecular complexity index is 519. The fourth-order valence-electron chi connectivity index (χ4n) is 1.24. The molecule has 1 unspecified atom stereocenters. The van der Waals surface area contributed by atoms with Crippen LogP contribution in [0.25, 0.3) is 0 Å². The van der Waals surface area contributed by atoms with Crippen LogP contribution < -0.4 is 9.46 Å². The summed E-state index contributed by atoms with van der Waals surface area (Å²) in [6.45, 7) is 0. The molecule has 1 aromatic carbocycles. The van der Waals surface area contributed by atoms with Crippen molar-refractivity contribution >= 4 is 17.0 Å². The van der Waals surface area contributed by atoms with E-state index < -0.39 is 11.3 Å². The number of pyridine rings is 1. The molecule has 0 aliphatic heterocycles. The third-order valence-electron chi connectivity index (χ3n) is 1.91. The van der Waals surface area contributed by atoms with Gasteiger partial charge in [-0.15, -0.1) is 0 Å². The molecule has 2 rings (SSSR count). The predicted octanol–water partition coefficient (Wildman–Crippen LogP) is 2.42. The first kappa shape index (κ1) is 11.6. The predicted molar refractivity (Wildman–Crippen MR) is 65.1 cm³/mol. The minimum Gasteiger partial charge on any atom is -0.439 e. The van der Waals surface area contributed by atoms with Crippen molar-refractivity contribution in [2.45, 2.75) is 0 Å². The number of hydrogen-bond acceptors (Lipinski definition) is 3. The molecule has 17 heavy (non-hydrogen) atoms. The number of aromatic nitrogens is 1. The molecule has 0 aliphatic rings. The molecular formula is C11H10N2O3S. The van der Waals surface area contributed by atoms with Crippen LogP contribution in [0.4, 0.5) is 5.69 Å². The first-order valence-corrected chi connectivity index (χ1v) is 5.91. The summed E-state index contributed by atoms with van der Waals surface area (Å²) in [5, 5.41) is 0. The minimum absolute atomic E-state index is 0.353. The second kappa shape index (κ2) is 5.42. The molecule has 5 nitrogen and oxygen atoms in total. The van der Waals surface area contributed by atoms with Crippen LogP contribution in [0.1, 0.15) is 0 Å². The fourth-order valence-corrected chi connectivity index (χ4v) is 1.57. The van der Waals surface area contributed by atoms with Gasteiger partial charge in [-0.3, -0.25) is 9.27 Å². The number of nitrogens with zero attached hydrogens (tertiary/aromatic N) is 1. The molecule has 2 aromatic rings. The zero-order valence-corrected chi connectivity index (χ0v) is 9.55. The molecule has 0 saturated heterocycles. The molecule has 2 N–H and O–H groups in total. The molecule has 1 atom stereocenters. The van der Waals surface area contributed by atoms with E-state index in [1.807, 2.05) is 18.2 Å². The van der Waals surface area contributed by atoms with Gasteiger partial charge in [-0.1, -0.05) is 18.2 Å². The van der Waals surface area contributed by atoms with Crippen LogP contribution >= 0.6 is 0 Å². The van der Waals surface area contributed by atoms with E-state index in [9.17, 15) is 4.21 Å². The molecule has 1 heterocycles. The van der Waals surface area contributed by atoms with Gasteiger partial charge in [0.15, 0.2) is 0 Å². The topological polar surface area (TPSA) is 71.5 Å². The van der Waals surface area contributed by atoms with Gasteiger partial charge in [0, 0.05) is 12.3 Å². The van der Waals surface area contributed by atoms with Gasteiger partial charge in [-0.2, -0.15) is 0 Å². The Kier molecular flexibility index (Phi) is 3.69. The first-order valence-electron chi connectivity index (χ1n) is 4.80. The molecule has 0 amide bonds. The number of rotatable bonds is 4. The van der Waals surface area contributed by atoms with Crippen molar-refractivity contribution in [2.75, 3.05) is 4.72 Å². The Hall–Kier alpha value is -1.92. The summed E-state index contributed by atoms with van der Waals surface area (Å²) in [5.41, 5.74) is 0.465. The van der Waals surface area contributed by atoms with Gasteiger partial charge < -0.3 is 4.74 Å². The Labute approximate surface area is 101 Å². The lowest BCUT2D eigenvalue weighted by atomic mass is 10.3. The van der Waals surface area contributed by atoms with E-state index in [-0.39, 0.29) is 0 Å². The molecule has 0 radical (unpaired) electrons. The van der Waals surface area contributed by atoms with Crippen LogP contribution in [-0.4, -0.2) is 13.7 Å². The number of nitrogens with one attached hydrogen (secondary N) is 1. The van der Waals surface area contributed by atoms with Gasteiger partial charge >= 0.3 is 0 Å². The van der Waals surface area contributed by atoms with E-state index in [1.54, 1.807) is 24.3 Å².